The van der Waals surface area contributed by atoms with Crippen LogP contribution in [0.4, 0.5) is 13.2 Å². The summed E-state index contributed by atoms with van der Waals surface area (Å²) in [5.41, 5.74) is 0.615. The fraction of sp³-hybridized carbons (Fsp3) is 0.455. The number of fused-ring (bicyclic) bond motifs is 2. The molecule has 2 atom stereocenters. The van der Waals surface area contributed by atoms with E-state index in [-0.39, 0.29) is 17.8 Å². The van der Waals surface area contributed by atoms with Crippen LogP contribution < -0.4 is 4.74 Å². The van der Waals surface area contributed by atoms with E-state index >= 15 is 0 Å². The molecule has 28 heavy (non-hydrogen) atoms. The Morgan fingerprint density at radius 1 is 1.00 bits per heavy atom. The van der Waals surface area contributed by atoms with Crippen LogP contribution in [0.25, 0.3) is 0 Å². The molecule has 2 bridgehead atoms. The van der Waals surface area contributed by atoms with Gasteiger partial charge in [0.15, 0.2) is 0 Å². The molecule has 0 aromatic heterocycles. The van der Waals surface area contributed by atoms with Gasteiger partial charge in [-0.2, -0.15) is 0 Å². The smallest absolute Gasteiger partial charge is 0.406 e. The number of hydrogen-bond donors (Lipinski definition) is 1. The molecule has 0 spiro atoms. The molecule has 4 rings (SSSR count). The first-order valence-electron chi connectivity index (χ1n) is 9.71. The Labute approximate surface area is 162 Å². The number of piperidine rings is 2. The second-order valence-corrected chi connectivity index (χ2v) is 7.91. The summed E-state index contributed by atoms with van der Waals surface area (Å²) in [6.45, 7) is 0.837. The number of aliphatic hydroxyl groups is 1. The molecular weight excluding hydrogens is 367 g/mol. The minimum Gasteiger partial charge on any atom is -0.406 e. The summed E-state index contributed by atoms with van der Waals surface area (Å²) >= 11 is 0. The van der Waals surface area contributed by atoms with Crippen molar-refractivity contribution in [2.75, 3.05) is 0 Å². The summed E-state index contributed by atoms with van der Waals surface area (Å²) in [4.78, 5) is 2.46. The van der Waals surface area contributed by atoms with Crippen molar-refractivity contribution in [2.45, 2.75) is 62.7 Å². The third-order valence-electron chi connectivity index (χ3n) is 5.97. The first-order valence-corrected chi connectivity index (χ1v) is 9.71. The number of benzene rings is 2. The van der Waals surface area contributed by atoms with Gasteiger partial charge in [-0.25, -0.2) is 0 Å². The number of halogens is 3. The van der Waals surface area contributed by atoms with Gasteiger partial charge in [0.25, 0.3) is 0 Å². The number of alkyl halides is 3. The van der Waals surface area contributed by atoms with Crippen LogP contribution in [0.2, 0.25) is 0 Å². The van der Waals surface area contributed by atoms with Gasteiger partial charge in [0.1, 0.15) is 5.75 Å². The Bertz CT molecular complexity index is 795. The number of nitrogens with zero attached hydrogens (tertiary/aromatic N) is 1. The molecule has 0 radical (unpaired) electrons. The molecule has 2 heterocycles. The maximum absolute atomic E-state index is 12.6. The Morgan fingerprint density at radius 3 is 2.32 bits per heavy atom. The first kappa shape index (κ1) is 19.3. The summed E-state index contributed by atoms with van der Waals surface area (Å²) in [7, 11) is 0. The van der Waals surface area contributed by atoms with Gasteiger partial charge < -0.3 is 9.84 Å². The van der Waals surface area contributed by atoms with Gasteiger partial charge in [-0.15, -0.1) is 13.2 Å². The third kappa shape index (κ3) is 4.18. The van der Waals surface area contributed by atoms with Crippen LogP contribution in [-0.2, 0) is 12.1 Å². The van der Waals surface area contributed by atoms with E-state index in [2.05, 4.69) is 21.8 Å². The van der Waals surface area contributed by atoms with Crippen LogP contribution in [0.5, 0.6) is 5.75 Å². The molecular formula is C22H24F3NO2. The molecule has 2 saturated heterocycles. The third-order valence-corrected chi connectivity index (χ3v) is 5.97. The lowest BCUT2D eigenvalue weighted by Crippen LogP contribution is -2.56. The molecule has 3 nitrogen and oxygen atoms in total. The fourth-order valence-electron chi connectivity index (χ4n) is 4.79. The van der Waals surface area contributed by atoms with Gasteiger partial charge >= 0.3 is 6.36 Å². The van der Waals surface area contributed by atoms with Crippen LogP contribution in [0, 0.1) is 0 Å². The van der Waals surface area contributed by atoms with E-state index in [1.54, 1.807) is 6.07 Å². The van der Waals surface area contributed by atoms with Crippen molar-refractivity contribution in [3.63, 3.8) is 0 Å². The topological polar surface area (TPSA) is 32.7 Å². The van der Waals surface area contributed by atoms with E-state index in [0.29, 0.717) is 18.4 Å². The maximum atomic E-state index is 12.6. The standard InChI is InChI=1S/C22H24F3NO2/c23-22(24,25)28-20-11-4-8-17(12-20)21(27)13-18-9-5-10-19(14-21)26(18)15-16-6-2-1-3-7-16/h1-4,6-8,11-12,18-19,27H,5,9-10,13-15H2. The van der Waals surface area contributed by atoms with Crippen molar-refractivity contribution in [1.82, 2.24) is 4.90 Å². The van der Waals surface area contributed by atoms with Crippen LogP contribution in [0.15, 0.2) is 54.6 Å². The van der Waals surface area contributed by atoms with E-state index in [0.717, 1.165) is 25.8 Å². The predicted octanol–water partition coefficient (Wildman–Crippen LogP) is 4.99. The molecule has 2 aromatic rings. The highest BCUT2D eigenvalue weighted by molar-refractivity contribution is 5.33. The quantitative estimate of drug-likeness (QED) is 0.797. The average molecular weight is 391 g/mol. The SMILES string of the molecule is OC1(c2cccc(OC(F)(F)F)c2)CC2CCCC(C1)N2Cc1ccccc1. The van der Waals surface area contributed by atoms with Gasteiger partial charge in [-0.05, 0) is 48.9 Å². The number of rotatable bonds is 4. The summed E-state index contributed by atoms with van der Waals surface area (Å²) in [5.74, 6) is -0.282. The molecule has 150 valence electrons. The molecule has 1 N–H and O–H groups in total. The van der Waals surface area contributed by atoms with Crippen molar-refractivity contribution < 1.29 is 23.0 Å². The number of ether oxygens (including phenoxy) is 1. The van der Waals surface area contributed by atoms with Crippen molar-refractivity contribution in [1.29, 1.82) is 0 Å². The molecule has 2 aromatic carbocycles. The lowest BCUT2D eigenvalue weighted by atomic mass is 9.72. The van der Waals surface area contributed by atoms with Crippen molar-refractivity contribution in [3.8, 4) is 5.75 Å². The van der Waals surface area contributed by atoms with Crippen LogP contribution in [0.1, 0.15) is 43.2 Å². The molecule has 0 amide bonds. The predicted molar refractivity (Wildman–Crippen MR) is 99.7 cm³/mol. The minimum absolute atomic E-state index is 0.213. The van der Waals surface area contributed by atoms with Gasteiger partial charge in [-0.3, -0.25) is 4.90 Å². The lowest BCUT2D eigenvalue weighted by molar-refractivity contribution is -0.274. The van der Waals surface area contributed by atoms with Crippen LogP contribution in [0.3, 0.4) is 0 Å². The zero-order valence-electron chi connectivity index (χ0n) is 15.5. The highest BCUT2D eigenvalue weighted by Gasteiger charge is 2.46. The molecule has 2 aliphatic rings. The van der Waals surface area contributed by atoms with Crippen molar-refractivity contribution >= 4 is 0 Å². The normalized spacial score (nSPS) is 28.1. The van der Waals surface area contributed by atoms with E-state index in [9.17, 15) is 18.3 Å². The first-order chi connectivity index (χ1) is 13.3. The summed E-state index contributed by atoms with van der Waals surface area (Å²) in [6, 6.07) is 16.5. The van der Waals surface area contributed by atoms with Gasteiger partial charge in [0, 0.05) is 18.6 Å². The van der Waals surface area contributed by atoms with Crippen LogP contribution >= 0.6 is 0 Å². The molecule has 2 fully saturated rings. The second-order valence-electron chi connectivity index (χ2n) is 7.91. The molecule has 0 aliphatic carbocycles. The largest absolute Gasteiger partial charge is 0.573 e. The Hall–Kier alpha value is -2.05. The average Bonchev–Trinajstić information content (AvgIpc) is 2.62. The highest BCUT2D eigenvalue weighted by Crippen LogP contribution is 2.45. The Kier molecular flexibility index (Phi) is 5.10. The van der Waals surface area contributed by atoms with E-state index < -0.39 is 12.0 Å². The fourth-order valence-corrected chi connectivity index (χ4v) is 4.79. The molecule has 0 saturated carbocycles. The molecule has 6 heteroatoms. The lowest BCUT2D eigenvalue weighted by Gasteiger charge is -2.52. The molecule has 2 aliphatic heterocycles. The van der Waals surface area contributed by atoms with E-state index in [1.165, 1.54) is 23.8 Å². The summed E-state index contributed by atoms with van der Waals surface area (Å²) in [6.07, 6.45) is -0.600. The van der Waals surface area contributed by atoms with Crippen molar-refractivity contribution in [3.05, 3.63) is 65.7 Å². The molecule has 2 unspecified atom stereocenters. The van der Waals surface area contributed by atoms with E-state index in [4.69, 9.17) is 0 Å². The zero-order valence-corrected chi connectivity index (χ0v) is 15.5. The van der Waals surface area contributed by atoms with Crippen LogP contribution in [-0.4, -0.2) is 28.5 Å². The maximum Gasteiger partial charge on any atom is 0.573 e. The highest BCUT2D eigenvalue weighted by atomic mass is 19.4. The summed E-state index contributed by atoms with van der Waals surface area (Å²) < 4.78 is 41.7. The zero-order chi connectivity index (χ0) is 19.8. The second kappa shape index (κ2) is 7.41. The summed E-state index contributed by atoms with van der Waals surface area (Å²) in [5, 5.41) is 11.4. The van der Waals surface area contributed by atoms with Crippen molar-refractivity contribution in [2.24, 2.45) is 0 Å². The Balaban J connectivity index is 1.55. The number of hydrogen-bond acceptors (Lipinski definition) is 3. The van der Waals surface area contributed by atoms with E-state index in [1.807, 2.05) is 18.2 Å². The van der Waals surface area contributed by atoms with Gasteiger partial charge in [0.05, 0.1) is 5.60 Å². The minimum atomic E-state index is -4.74. The monoisotopic (exact) mass is 391 g/mol. The Morgan fingerprint density at radius 2 is 1.68 bits per heavy atom. The van der Waals surface area contributed by atoms with Gasteiger partial charge in [0.2, 0.25) is 0 Å². The van der Waals surface area contributed by atoms with Gasteiger partial charge in [-0.1, -0.05) is 48.9 Å².